The number of ether oxygens (including phenoxy) is 6. The summed E-state index contributed by atoms with van der Waals surface area (Å²) in [5.74, 6) is -0.400. The number of allylic oxidation sites excluding steroid dienone is 16. The lowest BCUT2D eigenvalue weighted by atomic mass is 9.98. The lowest BCUT2D eigenvalue weighted by Gasteiger charge is -2.42. The van der Waals surface area contributed by atoms with E-state index in [2.05, 4.69) is 111 Å². The number of carbonyl (C=O) groups is 1. The maximum absolute atomic E-state index is 13.0. The van der Waals surface area contributed by atoms with Crippen molar-refractivity contribution in [2.75, 3.05) is 33.0 Å². The Morgan fingerprint density at radius 2 is 0.873 bits per heavy atom. The Bertz CT molecular complexity index is 1540. The molecule has 2 rings (SSSR count). The van der Waals surface area contributed by atoms with Crippen LogP contribution in [0.2, 0.25) is 0 Å². The van der Waals surface area contributed by atoms with Crippen molar-refractivity contribution in [3.63, 3.8) is 0 Å². The number of rotatable bonds is 41. The molecular formula is C57H94O14. The van der Waals surface area contributed by atoms with Gasteiger partial charge in [0.05, 0.1) is 26.4 Å². The Balaban J connectivity index is 1.77. The second kappa shape index (κ2) is 43.3. The van der Waals surface area contributed by atoms with Gasteiger partial charge in [0.15, 0.2) is 12.6 Å². The Morgan fingerprint density at radius 1 is 0.465 bits per heavy atom. The molecule has 0 aromatic rings. The summed E-state index contributed by atoms with van der Waals surface area (Å²) in [5, 5.41) is 72.2. The highest BCUT2D eigenvalue weighted by molar-refractivity contribution is 5.69. The minimum absolute atomic E-state index is 0.0337. The van der Waals surface area contributed by atoms with Gasteiger partial charge in [0.25, 0.3) is 0 Å². The van der Waals surface area contributed by atoms with Crippen molar-refractivity contribution in [2.24, 2.45) is 0 Å². The molecule has 0 aromatic carbocycles. The first-order chi connectivity index (χ1) is 34.6. The van der Waals surface area contributed by atoms with Gasteiger partial charge in [0.2, 0.25) is 0 Å². The summed E-state index contributed by atoms with van der Waals surface area (Å²) in [6.45, 7) is 3.36. The molecule has 0 radical (unpaired) electrons. The van der Waals surface area contributed by atoms with Gasteiger partial charge in [0.1, 0.15) is 54.9 Å². The number of aliphatic hydroxyl groups excluding tert-OH is 7. The fraction of sp³-hybridized carbons (Fsp3) is 0.702. The predicted molar refractivity (Wildman–Crippen MR) is 279 cm³/mol. The monoisotopic (exact) mass is 1000 g/mol. The first kappa shape index (κ1) is 64.0. The summed E-state index contributed by atoms with van der Waals surface area (Å²) in [5.41, 5.74) is 0. The molecule has 2 fully saturated rings. The van der Waals surface area contributed by atoms with Crippen LogP contribution < -0.4 is 0 Å². The minimum Gasteiger partial charge on any atom is -0.457 e. The van der Waals surface area contributed by atoms with Gasteiger partial charge in [-0.15, -0.1) is 0 Å². The van der Waals surface area contributed by atoms with Crippen molar-refractivity contribution in [3.8, 4) is 0 Å². The first-order valence-corrected chi connectivity index (χ1v) is 26.8. The lowest BCUT2D eigenvalue weighted by Crippen LogP contribution is -2.61. The van der Waals surface area contributed by atoms with E-state index >= 15 is 0 Å². The lowest BCUT2D eigenvalue weighted by molar-refractivity contribution is -0.332. The molecule has 14 heteroatoms. The zero-order chi connectivity index (χ0) is 51.6. The second-order valence-electron chi connectivity index (χ2n) is 18.3. The van der Waals surface area contributed by atoms with Gasteiger partial charge in [-0.3, -0.25) is 4.79 Å². The smallest absolute Gasteiger partial charge is 0.306 e. The van der Waals surface area contributed by atoms with E-state index in [-0.39, 0.29) is 19.6 Å². The number of aliphatic hydroxyl groups is 7. The standard InChI is InChI=1S/C57H94O14/c1-3-5-7-9-11-13-15-17-19-21-22-23-25-27-29-31-33-35-37-39-41-66-43-46(69-49(59)40-38-36-34-32-30-28-26-24-20-18-16-14-12-10-8-6-4-2)44-67-56-55(65)53(63)51(61)48(71-56)45-68-57-54(64)52(62)50(60)47(42-58)70-57/h5-8,11-14,17-20,22-23,27,29,46-48,50-58,60-65H,3-4,9-10,15-16,21,24-26,28,30-45H2,1-2H3/b7-5-,8-6-,13-11-,14-12-,19-17-,20-18-,23-22-,29-27-. The fourth-order valence-electron chi connectivity index (χ4n) is 7.80. The van der Waals surface area contributed by atoms with Crippen molar-refractivity contribution in [2.45, 2.75) is 223 Å². The third kappa shape index (κ3) is 30.6. The quantitative estimate of drug-likeness (QED) is 0.0174. The zero-order valence-electron chi connectivity index (χ0n) is 43.2. The van der Waals surface area contributed by atoms with Crippen LogP contribution in [-0.2, 0) is 33.2 Å². The van der Waals surface area contributed by atoms with Gasteiger partial charge in [-0.2, -0.15) is 0 Å². The summed E-state index contributed by atoms with van der Waals surface area (Å²) in [7, 11) is 0. The summed E-state index contributed by atoms with van der Waals surface area (Å²) in [6, 6.07) is 0. The van der Waals surface area contributed by atoms with Gasteiger partial charge >= 0.3 is 5.97 Å². The van der Waals surface area contributed by atoms with E-state index in [1.807, 2.05) is 0 Å². The van der Waals surface area contributed by atoms with Crippen LogP contribution >= 0.6 is 0 Å². The fourth-order valence-corrected chi connectivity index (χ4v) is 7.80. The van der Waals surface area contributed by atoms with E-state index in [1.54, 1.807) is 0 Å². The highest BCUT2D eigenvalue weighted by atomic mass is 16.7. The van der Waals surface area contributed by atoms with Crippen LogP contribution in [0.5, 0.6) is 0 Å². The number of esters is 1. The summed E-state index contributed by atoms with van der Waals surface area (Å²) in [4.78, 5) is 13.0. The molecule has 0 aromatic heterocycles. The third-order valence-corrected chi connectivity index (χ3v) is 12.1. The van der Waals surface area contributed by atoms with Gasteiger partial charge in [-0.25, -0.2) is 0 Å². The van der Waals surface area contributed by atoms with Gasteiger partial charge in [-0.1, -0.05) is 156 Å². The largest absolute Gasteiger partial charge is 0.457 e. The molecule has 7 N–H and O–H groups in total. The summed E-state index contributed by atoms with van der Waals surface area (Å²) >= 11 is 0. The molecule has 0 amide bonds. The predicted octanol–water partition coefficient (Wildman–Crippen LogP) is 8.63. The van der Waals surface area contributed by atoms with Crippen LogP contribution in [0.25, 0.3) is 0 Å². The Kier molecular flexibility index (Phi) is 39.1. The van der Waals surface area contributed by atoms with E-state index in [0.717, 1.165) is 116 Å². The van der Waals surface area contributed by atoms with Crippen molar-refractivity contribution in [1.29, 1.82) is 0 Å². The van der Waals surface area contributed by atoms with Crippen LogP contribution in [0.4, 0.5) is 0 Å². The van der Waals surface area contributed by atoms with Crippen molar-refractivity contribution < 1.29 is 69.0 Å². The molecule has 0 bridgehead atoms. The Labute approximate surface area is 426 Å². The van der Waals surface area contributed by atoms with E-state index in [4.69, 9.17) is 28.4 Å². The van der Waals surface area contributed by atoms with Gasteiger partial charge in [-0.05, 0) is 89.9 Å². The second-order valence-corrected chi connectivity index (χ2v) is 18.3. The molecule has 11 atom stereocenters. The normalized spacial score (nSPS) is 26.1. The number of hydrogen-bond donors (Lipinski definition) is 7. The van der Waals surface area contributed by atoms with Crippen LogP contribution in [0.1, 0.15) is 155 Å². The molecule has 2 aliphatic heterocycles. The Morgan fingerprint density at radius 3 is 1.37 bits per heavy atom. The molecule has 0 aliphatic carbocycles. The van der Waals surface area contributed by atoms with Crippen molar-refractivity contribution in [1.82, 2.24) is 0 Å². The SMILES string of the molecule is CC/C=C\C/C=C\C/C=C\C/C=C\C/C=C\CCCCCCOCC(COC1OC(COC2OC(CO)C(O)C(O)C2O)C(O)C(O)C1O)OC(=O)CCCCCCCCC/C=C\C/C=C\C/C=C\CC. The minimum atomic E-state index is -1.72. The molecule has 2 aliphatic rings. The number of hydrogen-bond acceptors (Lipinski definition) is 14. The van der Waals surface area contributed by atoms with E-state index < -0.39 is 86.7 Å². The average molecular weight is 1000 g/mol. The number of carbonyl (C=O) groups excluding carboxylic acids is 1. The Hall–Kier alpha value is -3.09. The molecule has 11 unspecified atom stereocenters. The van der Waals surface area contributed by atoms with Gasteiger partial charge in [0, 0.05) is 13.0 Å². The number of unbranched alkanes of at least 4 members (excludes halogenated alkanes) is 11. The zero-order valence-corrected chi connectivity index (χ0v) is 43.2. The molecule has 2 saturated heterocycles. The highest BCUT2D eigenvalue weighted by Crippen LogP contribution is 2.26. The molecule has 0 saturated carbocycles. The molecule has 71 heavy (non-hydrogen) atoms. The molecular weight excluding hydrogens is 909 g/mol. The van der Waals surface area contributed by atoms with E-state index in [9.17, 15) is 40.5 Å². The van der Waals surface area contributed by atoms with E-state index in [1.165, 1.54) is 12.8 Å². The highest BCUT2D eigenvalue weighted by Gasteiger charge is 2.47. The first-order valence-electron chi connectivity index (χ1n) is 26.8. The molecule has 14 nitrogen and oxygen atoms in total. The average Bonchev–Trinajstić information content (AvgIpc) is 3.37. The van der Waals surface area contributed by atoms with Crippen LogP contribution in [0, 0.1) is 0 Å². The molecule has 2 heterocycles. The third-order valence-electron chi connectivity index (χ3n) is 12.1. The summed E-state index contributed by atoms with van der Waals surface area (Å²) in [6.07, 6.45) is 40.3. The van der Waals surface area contributed by atoms with Crippen molar-refractivity contribution in [3.05, 3.63) is 97.2 Å². The van der Waals surface area contributed by atoms with Gasteiger partial charge < -0.3 is 64.2 Å². The molecule has 0 spiro atoms. The van der Waals surface area contributed by atoms with Crippen LogP contribution in [0.15, 0.2) is 97.2 Å². The van der Waals surface area contributed by atoms with Crippen molar-refractivity contribution >= 4 is 5.97 Å². The maximum Gasteiger partial charge on any atom is 0.306 e. The van der Waals surface area contributed by atoms with Crippen LogP contribution in [-0.4, -0.2) is 142 Å². The van der Waals surface area contributed by atoms with E-state index in [0.29, 0.717) is 13.0 Å². The van der Waals surface area contributed by atoms with Crippen LogP contribution in [0.3, 0.4) is 0 Å². The summed E-state index contributed by atoms with van der Waals surface area (Å²) < 4.78 is 34.3. The molecule has 406 valence electrons. The topological polar surface area (TPSA) is 214 Å². The maximum atomic E-state index is 13.0.